The molecule has 0 amide bonds. The Balaban J connectivity index is 2.85. The van der Waals surface area contributed by atoms with E-state index in [0.717, 1.165) is 12.2 Å². The topological polar surface area (TPSA) is 0 Å². The largest absolute Gasteiger partial charge is 0.126 e. The van der Waals surface area contributed by atoms with Crippen molar-refractivity contribution in [3.8, 4) is 12.3 Å². The normalized spacial score (nSPS) is 9.33. The maximum absolute atomic E-state index is 5.27. The SMILES string of the molecule is C#CCc1ccccc1SCC. The van der Waals surface area contributed by atoms with Crippen LogP contribution in [0.3, 0.4) is 0 Å². The van der Waals surface area contributed by atoms with Gasteiger partial charge in [-0.25, -0.2) is 0 Å². The Morgan fingerprint density at radius 1 is 1.42 bits per heavy atom. The van der Waals surface area contributed by atoms with Crippen molar-refractivity contribution in [2.75, 3.05) is 5.75 Å². The molecule has 0 saturated carbocycles. The lowest BCUT2D eigenvalue weighted by atomic mass is 10.2. The third kappa shape index (κ3) is 2.32. The van der Waals surface area contributed by atoms with Crippen LogP contribution >= 0.6 is 11.8 Å². The van der Waals surface area contributed by atoms with Crippen molar-refractivity contribution in [2.45, 2.75) is 18.2 Å². The molecule has 0 radical (unpaired) electrons. The van der Waals surface area contributed by atoms with E-state index in [1.807, 2.05) is 17.8 Å². The zero-order chi connectivity index (χ0) is 8.81. The van der Waals surface area contributed by atoms with E-state index in [0.29, 0.717) is 0 Å². The molecular formula is C11H12S. The van der Waals surface area contributed by atoms with Crippen molar-refractivity contribution in [3.63, 3.8) is 0 Å². The predicted octanol–water partition coefficient (Wildman–Crippen LogP) is 2.97. The number of benzene rings is 1. The summed E-state index contributed by atoms with van der Waals surface area (Å²) < 4.78 is 0. The highest BCUT2D eigenvalue weighted by Crippen LogP contribution is 2.22. The molecule has 0 fully saturated rings. The minimum atomic E-state index is 0.739. The number of terminal acetylenes is 1. The molecule has 0 N–H and O–H groups in total. The van der Waals surface area contributed by atoms with Gasteiger partial charge in [-0.05, 0) is 17.4 Å². The van der Waals surface area contributed by atoms with Gasteiger partial charge in [0.05, 0.1) is 0 Å². The summed E-state index contributed by atoms with van der Waals surface area (Å²) in [4.78, 5) is 1.32. The molecule has 0 bridgehead atoms. The number of hydrogen-bond donors (Lipinski definition) is 0. The third-order valence-electron chi connectivity index (χ3n) is 1.56. The van der Waals surface area contributed by atoms with Crippen molar-refractivity contribution in [2.24, 2.45) is 0 Å². The van der Waals surface area contributed by atoms with Crippen LogP contribution in [-0.4, -0.2) is 5.75 Å². The highest BCUT2D eigenvalue weighted by molar-refractivity contribution is 7.99. The molecule has 1 rings (SSSR count). The quantitative estimate of drug-likeness (QED) is 0.504. The molecule has 0 aliphatic heterocycles. The van der Waals surface area contributed by atoms with Crippen LogP contribution in [0.2, 0.25) is 0 Å². The van der Waals surface area contributed by atoms with Gasteiger partial charge in [-0.2, -0.15) is 0 Å². The Kier molecular flexibility index (Phi) is 3.76. The molecule has 1 aromatic rings. The smallest absolute Gasteiger partial charge is 0.0348 e. The predicted molar refractivity (Wildman–Crippen MR) is 55.4 cm³/mol. The van der Waals surface area contributed by atoms with Crippen molar-refractivity contribution in [1.29, 1.82) is 0 Å². The highest BCUT2D eigenvalue weighted by atomic mass is 32.2. The van der Waals surface area contributed by atoms with Crippen LogP contribution in [-0.2, 0) is 6.42 Å². The summed E-state index contributed by atoms with van der Waals surface area (Å²) in [6, 6.07) is 8.31. The monoisotopic (exact) mass is 176 g/mol. The van der Waals surface area contributed by atoms with E-state index >= 15 is 0 Å². The van der Waals surface area contributed by atoms with E-state index in [9.17, 15) is 0 Å². The molecule has 1 heteroatoms. The van der Waals surface area contributed by atoms with Gasteiger partial charge in [-0.3, -0.25) is 0 Å². The van der Waals surface area contributed by atoms with Gasteiger partial charge in [-0.1, -0.05) is 25.1 Å². The Morgan fingerprint density at radius 2 is 2.17 bits per heavy atom. The second-order valence-corrected chi connectivity index (χ2v) is 3.73. The van der Waals surface area contributed by atoms with Crippen molar-refractivity contribution in [3.05, 3.63) is 29.8 Å². The molecule has 0 aromatic heterocycles. The zero-order valence-electron chi connectivity index (χ0n) is 7.21. The molecule has 0 heterocycles. The fourth-order valence-electron chi connectivity index (χ4n) is 1.06. The maximum Gasteiger partial charge on any atom is 0.0348 e. The van der Waals surface area contributed by atoms with Gasteiger partial charge < -0.3 is 0 Å². The lowest BCUT2D eigenvalue weighted by Crippen LogP contribution is -1.85. The van der Waals surface area contributed by atoms with Crippen molar-refractivity contribution < 1.29 is 0 Å². The summed E-state index contributed by atoms with van der Waals surface area (Å²) in [6.07, 6.45) is 6.01. The Hall–Kier alpha value is -0.870. The molecule has 0 nitrogen and oxygen atoms in total. The summed E-state index contributed by atoms with van der Waals surface area (Å²) in [6.45, 7) is 2.15. The van der Waals surface area contributed by atoms with Gasteiger partial charge >= 0.3 is 0 Å². The van der Waals surface area contributed by atoms with E-state index in [4.69, 9.17) is 6.42 Å². The van der Waals surface area contributed by atoms with E-state index < -0.39 is 0 Å². The first-order valence-electron chi connectivity index (χ1n) is 4.02. The van der Waals surface area contributed by atoms with E-state index in [1.165, 1.54) is 10.5 Å². The molecular weight excluding hydrogens is 164 g/mol. The average Bonchev–Trinajstić information content (AvgIpc) is 2.09. The summed E-state index contributed by atoms with van der Waals surface area (Å²) in [5.74, 6) is 3.77. The lowest BCUT2D eigenvalue weighted by Gasteiger charge is -2.03. The highest BCUT2D eigenvalue weighted by Gasteiger charge is 1.98. The molecule has 0 spiro atoms. The van der Waals surface area contributed by atoms with E-state index in [1.54, 1.807) is 0 Å². The molecule has 12 heavy (non-hydrogen) atoms. The Bertz CT molecular complexity index is 283. The first kappa shape index (κ1) is 9.22. The standard InChI is InChI=1S/C11H12S/c1-3-7-10-8-5-6-9-11(10)12-4-2/h1,5-6,8-9H,4,7H2,2H3. The second-order valence-electron chi connectivity index (χ2n) is 2.42. The van der Waals surface area contributed by atoms with Crippen LogP contribution < -0.4 is 0 Å². The zero-order valence-corrected chi connectivity index (χ0v) is 8.03. The summed E-state index contributed by atoms with van der Waals surface area (Å²) >= 11 is 1.85. The third-order valence-corrected chi connectivity index (χ3v) is 2.56. The number of thioether (sulfide) groups is 1. The van der Waals surface area contributed by atoms with Gasteiger partial charge in [0.1, 0.15) is 0 Å². The molecule has 62 valence electrons. The summed E-state index contributed by atoms with van der Waals surface area (Å²) in [5.41, 5.74) is 1.27. The minimum absolute atomic E-state index is 0.739. The minimum Gasteiger partial charge on any atom is -0.126 e. The fraction of sp³-hybridized carbons (Fsp3) is 0.273. The Labute approximate surface area is 78.4 Å². The van der Waals surface area contributed by atoms with Crippen molar-refractivity contribution in [1.82, 2.24) is 0 Å². The van der Waals surface area contributed by atoms with Gasteiger partial charge in [0, 0.05) is 11.3 Å². The molecule has 0 unspecified atom stereocenters. The lowest BCUT2D eigenvalue weighted by molar-refractivity contribution is 1.21. The number of rotatable bonds is 3. The summed E-state index contributed by atoms with van der Waals surface area (Å²) in [7, 11) is 0. The van der Waals surface area contributed by atoms with E-state index in [-0.39, 0.29) is 0 Å². The second kappa shape index (κ2) is 4.90. The molecule has 0 aliphatic carbocycles. The fourth-order valence-corrected chi connectivity index (χ4v) is 1.87. The average molecular weight is 176 g/mol. The summed E-state index contributed by atoms with van der Waals surface area (Å²) in [5, 5.41) is 0. The molecule has 0 saturated heterocycles. The van der Waals surface area contributed by atoms with Crippen LogP contribution in [0.1, 0.15) is 12.5 Å². The van der Waals surface area contributed by atoms with Gasteiger partial charge in [0.15, 0.2) is 0 Å². The van der Waals surface area contributed by atoms with Crippen LogP contribution in [0.15, 0.2) is 29.2 Å². The van der Waals surface area contributed by atoms with Crippen LogP contribution in [0.5, 0.6) is 0 Å². The van der Waals surface area contributed by atoms with E-state index in [2.05, 4.69) is 31.0 Å². The van der Waals surface area contributed by atoms with Crippen LogP contribution in [0.4, 0.5) is 0 Å². The molecule has 0 aliphatic rings. The van der Waals surface area contributed by atoms with Gasteiger partial charge in [-0.15, -0.1) is 24.1 Å². The first-order valence-corrected chi connectivity index (χ1v) is 5.01. The molecule has 1 aromatic carbocycles. The number of hydrogen-bond acceptors (Lipinski definition) is 1. The van der Waals surface area contributed by atoms with Gasteiger partial charge in [0.25, 0.3) is 0 Å². The van der Waals surface area contributed by atoms with Gasteiger partial charge in [0.2, 0.25) is 0 Å². The van der Waals surface area contributed by atoms with Crippen LogP contribution in [0.25, 0.3) is 0 Å². The Morgan fingerprint density at radius 3 is 2.83 bits per heavy atom. The molecule has 0 atom stereocenters. The van der Waals surface area contributed by atoms with Crippen LogP contribution in [0, 0.1) is 12.3 Å². The first-order chi connectivity index (χ1) is 5.88. The maximum atomic E-state index is 5.27. The van der Waals surface area contributed by atoms with Crippen molar-refractivity contribution >= 4 is 11.8 Å².